The molecule has 0 fully saturated rings. The van der Waals surface area contributed by atoms with Crippen LogP contribution in [0.5, 0.6) is 0 Å². The molecule has 3 aromatic rings. The number of fused-ring (bicyclic) bond motifs is 1. The minimum Gasteiger partial charge on any atom is -0.365 e. The lowest BCUT2D eigenvalue weighted by atomic mass is 9.94. The number of primary amides is 1. The Hall–Kier alpha value is -2.74. The summed E-state index contributed by atoms with van der Waals surface area (Å²) in [6, 6.07) is 3.52. The van der Waals surface area contributed by atoms with Crippen LogP contribution in [0.1, 0.15) is 45.7 Å². The van der Waals surface area contributed by atoms with Crippen LogP contribution in [-0.4, -0.2) is 26.4 Å². The highest BCUT2D eigenvalue weighted by atomic mass is 32.1. The number of nitrogens with zero attached hydrogens (tertiary/aromatic N) is 3. The van der Waals surface area contributed by atoms with E-state index in [1.165, 1.54) is 22.0 Å². The maximum absolute atomic E-state index is 12.6. The van der Waals surface area contributed by atoms with Gasteiger partial charge in [0, 0.05) is 17.3 Å². The van der Waals surface area contributed by atoms with E-state index in [0.717, 1.165) is 4.88 Å². The highest BCUT2D eigenvalue weighted by Crippen LogP contribution is 2.35. The van der Waals surface area contributed by atoms with E-state index < -0.39 is 5.91 Å². The molecule has 0 radical (unpaired) electrons. The van der Waals surface area contributed by atoms with Crippen molar-refractivity contribution in [3.63, 3.8) is 0 Å². The molecular weight excluding hydrogens is 326 g/mol. The molecule has 0 atom stereocenters. The van der Waals surface area contributed by atoms with E-state index in [1.807, 2.05) is 20.8 Å². The van der Waals surface area contributed by atoms with Crippen molar-refractivity contribution in [3.05, 3.63) is 46.0 Å². The van der Waals surface area contributed by atoms with Gasteiger partial charge >= 0.3 is 0 Å². The Morgan fingerprint density at radius 2 is 2.08 bits per heavy atom. The Labute approximate surface area is 142 Å². The van der Waals surface area contributed by atoms with Gasteiger partial charge in [-0.05, 0) is 17.5 Å². The second kappa shape index (κ2) is 5.72. The minimum atomic E-state index is -0.566. The summed E-state index contributed by atoms with van der Waals surface area (Å²) in [6.07, 6.45) is 4.74. The average molecular weight is 343 g/mol. The number of thiophene rings is 1. The largest absolute Gasteiger partial charge is 0.365 e. The van der Waals surface area contributed by atoms with Crippen LogP contribution in [0.4, 0.5) is 5.69 Å². The van der Waals surface area contributed by atoms with E-state index in [1.54, 1.807) is 24.5 Å². The normalized spacial score (nSPS) is 11.6. The van der Waals surface area contributed by atoms with Gasteiger partial charge < -0.3 is 11.1 Å². The molecule has 3 heterocycles. The topological polar surface area (TPSA) is 102 Å². The summed E-state index contributed by atoms with van der Waals surface area (Å²) in [5.74, 6) is -0.951. The first-order valence-electron chi connectivity index (χ1n) is 7.31. The van der Waals surface area contributed by atoms with Crippen LogP contribution in [-0.2, 0) is 5.41 Å². The molecule has 0 saturated carbocycles. The molecule has 24 heavy (non-hydrogen) atoms. The summed E-state index contributed by atoms with van der Waals surface area (Å²) in [7, 11) is 0. The van der Waals surface area contributed by atoms with Gasteiger partial charge in [0.2, 0.25) is 0 Å². The molecule has 3 N–H and O–H groups in total. The molecule has 0 spiro atoms. The smallest absolute Gasteiger partial charge is 0.261 e. The summed E-state index contributed by atoms with van der Waals surface area (Å²) in [5, 5.41) is 6.84. The second-order valence-electron chi connectivity index (χ2n) is 6.37. The van der Waals surface area contributed by atoms with Gasteiger partial charge in [-0.25, -0.2) is 9.50 Å². The SMILES string of the molecule is CC(C)(C)c1cc(NC(=O)c2cnn3cccnc23)c(C(N)=O)s1. The molecule has 3 aromatic heterocycles. The first-order valence-corrected chi connectivity index (χ1v) is 8.13. The van der Waals surface area contributed by atoms with Crippen molar-refractivity contribution >= 4 is 34.5 Å². The summed E-state index contributed by atoms with van der Waals surface area (Å²) in [6.45, 7) is 6.10. The van der Waals surface area contributed by atoms with Crippen molar-refractivity contribution in [1.82, 2.24) is 14.6 Å². The minimum absolute atomic E-state index is 0.149. The van der Waals surface area contributed by atoms with E-state index >= 15 is 0 Å². The Morgan fingerprint density at radius 3 is 2.75 bits per heavy atom. The number of hydrogen-bond donors (Lipinski definition) is 2. The van der Waals surface area contributed by atoms with Crippen molar-refractivity contribution in [2.24, 2.45) is 5.73 Å². The van der Waals surface area contributed by atoms with Gasteiger partial charge in [-0.15, -0.1) is 11.3 Å². The van der Waals surface area contributed by atoms with Crippen molar-refractivity contribution < 1.29 is 9.59 Å². The highest BCUT2D eigenvalue weighted by Gasteiger charge is 2.24. The van der Waals surface area contributed by atoms with Crippen molar-refractivity contribution in [3.8, 4) is 0 Å². The molecule has 7 nitrogen and oxygen atoms in total. The third kappa shape index (κ3) is 2.88. The number of rotatable bonds is 3. The Balaban J connectivity index is 1.97. The highest BCUT2D eigenvalue weighted by molar-refractivity contribution is 7.14. The van der Waals surface area contributed by atoms with Gasteiger partial charge in [0.15, 0.2) is 5.65 Å². The third-order valence-corrected chi connectivity index (χ3v) is 5.04. The lowest BCUT2D eigenvalue weighted by molar-refractivity contribution is 0.100. The fourth-order valence-corrected chi connectivity index (χ4v) is 3.24. The molecule has 3 rings (SSSR count). The predicted molar refractivity (Wildman–Crippen MR) is 92.5 cm³/mol. The van der Waals surface area contributed by atoms with E-state index in [2.05, 4.69) is 15.4 Å². The van der Waals surface area contributed by atoms with Gasteiger partial charge in [0.05, 0.1) is 11.9 Å². The van der Waals surface area contributed by atoms with Crippen LogP contribution in [0, 0.1) is 0 Å². The number of carbonyl (C=O) groups is 2. The Kier molecular flexibility index (Phi) is 3.84. The fraction of sp³-hybridized carbons (Fsp3) is 0.250. The fourth-order valence-electron chi connectivity index (χ4n) is 2.21. The molecule has 0 aliphatic rings. The second-order valence-corrected chi connectivity index (χ2v) is 7.42. The molecule has 0 aliphatic heterocycles. The number of carbonyl (C=O) groups excluding carboxylic acids is 2. The Morgan fingerprint density at radius 1 is 1.33 bits per heavy atom. The van der Waals surface area contributed by atoms with E-state index in [4.69, 9.17) is 5.73 Å². The summed E-state index contributed by atoms with van der Waals surface area (Å²) < 4.78 is 1.51. The molecule has 0 aliphatic carbocycles. The molecular formula is C16H17N5O2S. The van der Waals surface area contributed by atoms with Gasteiger partial charge in [-0.3, -0.25) is 9.59 Å². The maximum Gasteiger partial charge on any atom is 0.261 e. The van der Waals surface area contributed by atoms with Gasteiger partial charge in [0.25, 0.3) is 11.8 Å². The molecule has 0 saturated heterocycles. The zero-order valence-electron chi connectivity index (χ0n) is 13.5. The first-order chi connectivity index (χ1) is 11.3. The summed E-state index contributed by atoms with van der Waals surface area (Å²) >= 11 is 1.29. The summed E-state index contributed by atoms with van der Waals surface area (Å²) in [4.78, 5) is 29.7. The summed E-state index contributed by atoms with van der Waals surface area (Å²) in [5.41, 5.74) is 6.49. The van der Waals surface area contributed by atoms with Crippen LogP contribution in [0.3, 0.4) is 0 Å². The van der Waals surface area contributed by atoms with Crippen molar-refractivity contribution in [1.29, 1.82) is 0 Å². The number of hydrogen-bond acceptors (Lipinski definition) is 5. The molecule has 8 heteroatoms. The van der Waals surface area contributed by atoms with Crippen LogP contribution in [0.25, 0.3) is 5.65 Å². The first kappa shape index (κ1) is 16.1. The monoisotopic (exact) mass is 343 g/mol. The van der Waals surface area contributed by atoms with E-state index in [0.29, 0.717) is 21.8 Å². The standard InChI is InChI=1S/C16H17N5O2S/c1-16(2,3)11-7-10(12(24-11)13(17)22)20-15(23)9-8-19-21-6-4-5-18-14(9)21/h4-8H,1-3H3,(H2,17,22)(H,20,23). The number of anilines is 1. The lowest BCUT2D eigenvalue weighted by Gasteiger charge is -2.15. The zero-order valence-corrected chi connectivity index (χ0v) is 14.3. The van der Waals surface area contributed by atoms with Crippen molar-refractivity contribution in [2.45, 2.75) is 26.2 Å². The lowest BCUT2D eigenvalue weighted by Crippen LogP contribution is -2.16. The van der Waals surface area contributed by atoms with Gasteiger partial charge in [-0.1, -0.05) is 20.8 Å². The van der Waals surface area contributed by atoms with Crippen LogP contribution < -0.4 is 11.1 Å². The molecule has 0 aromatic carbocycles. The number of nitrogens with two attached hydrogens (primary N) is 1. The third-order valence-electron chi connectivity index (χ3n) is 3.47. The quantitative estimate of drug-likeness (QED) is 0.762. The number of nitrogens with one attached hydrogen (secondary N) is 1. The number of amides is 2. The van der Waals surface area contributed by atoms with Gasteiger partial charge in [-0.2, -0.15) is 5.10 Å². The van der Waals surface area contributed by atoms with Gasteiger partial charge in [0.1, 0.15) is 10.4 Å². The maximum atomic E-state index is 12.6. The zero-order chi connectivity index (χ0) is 17.5. The average Bonchev–Trinajstić information content (AvgIpc) is 3.10. The molecule has 0 bridgehead atoms. The van der Waals surface area contributed by atoms with Crippen LogP contribution in [0.2, 0.25) is 0 Å². The number of aromatic nitrogens is 3. The molecule has 0 unspecified atom stereocenters. The Bertz CT molecular complexity index is 935. The molecule has 124 valence electrons. The van der Waals surface area contributed by atoms with Crippen LogP contribution >= 0.6 is 11.3 Å². The van der Waals surface area contributed by atoms with Crippen LogP contribution in [0.15, 0.2) is 30.7 Å². The predicted octanol–water partition coefficient (Wildman–Crippen LogP) is 2.44. The van der Waals surface area contributed by atoms with Crippen molar-refractivity contribution in [2.75, 3.05) is 5.32 Å². The molecule has 2 amide bonds. The van der Waals surface area contributed by atoms with E-state index in [-0.39, 0.29) is 11.3 Å². The van der Waals surface area contributed by atoms with E-state index in [9.17, 15) is 9.59 Å².